The molecular weight excluding hydrogens is 288 g/mol. The van der Waals surface area contributed by atoms with Gasteiger partial charge in [0.25, 0.3) is 0 Å². The van der Waals surface area contributed by atoms with Crippen LogP contribution in [-0.4, -0.2) is 35.3 Å². The van der Waals surface area contributed by atoms with Crippen LogP contribution in [0.5, 0.6) is 0 Å². The molecule has 3 rings (SSSR count). The molecule has 2 aliphatic carbocycles. The monoisotopic (exact) mass is 320 g/mol. The first-order valence-corrected chi connectivity index (χ1v) is 9.75. The second-order valence-electron chi connectivity index (χ2n) is 7.97. The van der Waals surface area contributed by atoms with Crippen LogP contribution in [0.4, 0.5) is 0 Å². The molecule has 2 amide bonds. The number of hydrogen-bond acceptors (Lipinski definition) is 2. The van der Waals surface area contributed by atoms with Gasteiger partial charge < -0.3 is 10.2 Å². The van der Waals surface area contributed by atoms with Gasteiger partial charge in [-0.25, -0.2) is 0 Å². The molecule has 1 heterocycles. The topological polar surface area (TPSA) is 49.4 Å². The maximum atomic E-state index is 12.6. The number of carbonyl (C=O) groups is 2. The van der Waals surface area contributed by atoms with Gasteiger partial charge in [-0.05, 0) is 31.6 Å². The van der Waals surface area contributed by atoms with Gasteiger partial charge in [-0.1, -0.05) is 45.4 Å². The van der Waals surface area contributed by atoms with Crippen molar-refractivity contribution in [2.75, 3.05) is 6.54 Å². The first-order valence-electron chi connectivity index (χ1n) is 9.75. The predicted molar refractivity (Wildman–Crippen MR) is 90.9 cm³/mol. The van der Waals surface area contributed by atoms with Crippen molar-refractivity contribution in [3.63, 3.8) is 0 Å². The van der Waals surface area contributed by atoms with E-state index in [2.05, 4.69) is 12.2 Å². The molecule has 0 aromatic heterocycles. The van der Waals surface area contributed by atoms with Crippen molar-refractivity contribution in [1.29, 1.82) is 0 Å². The van der Waals surface area contributed by atoms with Crippen LogP contribution in [0, 0.1) is 11.8 Å². The molecule has 4 heteroatoms. The minimum absolute atomic E-state index is 0.119. The maximum absolute atomic E-state index is 12.6. The van der Waals surface area contributed by atoms with Gasteiger partial charge in [0.2, 0.25) is 11.8 Å². The number of likely N-dealkylation sites (tertiary alicyclic amines) is 1. The largest absolute Gasteiger partial charge is 0.353 e. The Bertz CT molecular complexity index is 429. The van der Waals surface area contributed by atoms with E-state index in [1.54, 1.807) is 0 Å². The van der Waals surface area contributed by atoms with Crippen LogP contribution < -0.4 is 5.32 Å². The second kappa shape index (κ2) is 7.67. The van der Waals surface area contributed by atoms with E-state index in [9.17, 15) is 9.59 Å². The number of amides is 2. The Hall–Kier alpha value is -1.06. The molecule has 0 unspecified atom stereocenters. The van der Waals surface area contributed by atoms with Gasteiger partial charge in [-0.15, -0.1) is 0 Å². The summed E-state index contributed by atoms with van der Waals surface area (Å²) >= 11 is 0. The SMILES string of the molecule is C[C@@H]1CCCC[C@@H]1NC(=O)[C@H]1CC(=O)N(C2CCCCCC2)C1. The van der Waals surface area contributed by atoms with Crippen LogP contribution in [0.15, 0.2) is 0 Å². The lowest BCUT2D eigenvalue weighted by Gasteiger charge is -2.30. The summed E-state index contributed by atoms with van der Waals surface area (Å²) in [5, 5.41) is 3.25. The zero-order valence-corrected chi connectivity index (χ0v) is 14.6. The summed E-state index contributed by atoms with van der Waals surface area (Å²) in [6.07, 6.45) is 12.5. The van der Waals surface area contributed by atoms with Gasteiger partial charge in [0.15, 0.2) is 0 Å². The Morgan fingerprint density at radius 3 is 2.35 bits per heavy atom. The minimum atomic E-state index is -0.125. The zero-order chi connectivity index (χ0) is 16.2. The Morgan fingerprint density at radius 2 is 1.65 bits per heavy atom. The van der Waals surface area contributed by atoms with E-state index in [-0.39, 0.29) is 17.7 Å². The Labute approximate surface area is 140 Å². The highest BCUT2D eigenvalue weighted by atomic mass is 16.2. The van der Waals surface area contributed by atoms with Gasteiger partial charge in [0.05, 0.1) is 5.92 Å². The van der Waals surface area contributed by atoms with E-state index in [4.69, 9.17) is 0 Å². The average Bonchev–Trinajstić information content (AvgIpc) is 2.75. The molecule has 3 atom stereocenters. The van der Waals surface area contributed by atoms with Crippen molar-refractivity contribution < 1.29 is 9.59 Å². The van der Waals surface area contributed by atoms with Gasteiger partial charge >= 0.3 is 0 Å². The van der Waals surface area contributed by atoms with E-state index < -0.39 is 0 Å². The standard InChI is InChI=1S/C19H32N2O2/c1-14-8-6-7-11-17(14)20-19(23)15-12-18(22)21(13-15)16-9-4-2-3-5-10-16/h14-17H,2-13H2,1H3,(H,20,23)/t14-,15+,17+/m1/s1. The molecule has 0 spiro atoms. The molecule has 1 N–H and O–H groups in total. The third kappa shape index (κ3) is 4.07. The molecule has 3 fully saturated rings. The number of nitrogens with one attached hydrogen (secondary N) is 1. The Morgan fingerprint density at radius 1 is 1.00 bits per heavy atom. The molecule has 1 saturated heterocycles. The van der Waals surface area contributed by atoms with Crippen molar-refractivity contribution in [3.05, 3.63) is 0 Å². The van der Waals surface area contributed by atoms with Crippen LogP contribution in [0.1, 0.15) is 77.6 Å². The zero-order valence-electron chi connectivity index (χ0n) is 14.6. The third-order valence-electron chi connectivity index (χ3n) is 6.23. The Balaban J connectivity index is 1.54. The van der Waals surface area contributed by atoms with E-state index in [0.29, 0.717) is 31.0 Å². The molecule has 0 bridgehead atoms. The van der Waals surface area contributed by atoms with Gasteiger partial charge in [0, 0.05) is 25.0 Å². The predicted octanol–water partition coefficient (Wildman–Crippen LogP) is 3.25. The van der Waals surface area contributed by atoms with Crippen LogP contribution in [0.2, 0.25) is 0 Å². The fourth-order valence-corrected chi connectivity index (χ4v) is 4.66. The first kappa shape index (κ1) is 16.8. The highest BCUT2D eigenvalue weighted by molar-refractivity contribution is 5.89. The molecule has 130 valence electrons. The van der Waals surface area contributed by atoms with Crippen molar-refractivity contribution in [3.8, 4) is 0 Å². The van der Waals surface area contributed by atoms with Gasteiger partial charge in [0.1, 0.15) is 0 Å². The number of hydrogen-bond donors (Lipinski definition) is 1. The van der Waals surface area contributed by atoms with Crippen molar-refractivity contribution in [1.82, 2.24) is 10.2 Å². The van der Waals surface area contributed by atoms with Crippen LogP contribution >= 0.6 is 0 Å². The summed E-state index contributed by atoms with van der Waals surface area (Å²) in [6.45, 7) is 2.89. The normalized spacial score (nSPS) is 33.5. The highest BCUT2D eigenvalue weighted by Gasteiger charge is 2.38. The van der Waals surface area contributed by atoms with E-state index >= 15 is 0 Å². The van der Waals surface area contributed by atoms with Crippen molar-refractivity contribution >= 4 is 11.8 Å². The smallest absolute Gasteiger partial charge is 0.225 e. The van der Waals surface area contributed by atoms with Crippen LogP contribution in [-0.2, 0) is 9.59 Å². The molecule has 4 nitrogen and oxygen atoms in total. The van der Waals surface area contributed by atoms with E-state index in [1.807, 2.05) is 4.90 Å². The quantitative estimate of drug-likeness (QED) is 0.812. The number of carbonyl (C=O) groups excluding carboxylic acids is 2. The molecule has 1 aliphatic heterocycles. The Kier molecular flexibility index (Phi) is 5.60. The molecule has 0 aromatic rings. The van der Waals surface area contributed by atoms with Crippen molar-refractivity contribution in [2.45, 2.75) is 89.6 Å². The van der Waals surface area contributed by atoms with E-state index in [0.717, 1.165) is 19.3 Å². The second-order valence-corrected chi connectivity index (χ2v) is 7.97. The lowest BCUT2D eigenvalue weighted by molar-refractivity contribution is -0.130. The molecule has 0 radical (unpaired) electrons. The first-order chi connectivity index (χ1) is 11.1. The summed E-state index contributed by atoms with van der Waals surface area (Å²) in [5.74, 6) is 0.768. The average molecular weight is 320 g/mol. The maximum Gasteiger partial charge on any atom is 0.225 e. The lowest BCUT2D eigenvalue weighted by atomic mass is 9.85. The molecule has 0 aromatic carbocycles. The lowest BCUT2D eigenvalue weighted by Crippen LogP contribution is -2.44. The summed E-state index contributed by atoms with van der Waals surface area (Å²) < 4.78 is 0. The summed E-state index contributed by atoms with van der Waals surface area (Å²) in [6, 6.07) is 0.703. The highest BCUT2D eigenvalue weighted by Crippen LogP contribution is 2.29. The number of nitrogens with zero attached hydrogens (tertiary/aromatic N) is 1. The minimum Gasteiger partial charge on any atom is -0.353 e. The summed E-state index contributed by atoms with van der Waals surface area (Å²) in [7, 11) is 0. The summed E-state index contributed by atoms with van der Waals surface area (Å²) in [5.41, 5.74) is 0. The molecule has 2 saturated carbocycles. The molecular formula is C19H32N2O2. The van der Waals surface area contributed by atoms with Crippen LogP contribution in [0.25, 0.3) is 0 Å². The number of rotatable bonds is 3. The fourth-order valence-electron chi connectivity index (χ4n) is 4.66. The third-order valence-corrected chi connectivity index (χ3v) is 6.23. The summed E-state index contributed by atoms with van der Waals surface area (Å²) in [4.78, 5) is 27.0. The molecule has 3 aliphatic rings. The van der Waals surface area contributed by atoms with E-state index in [1.165, 1.54) is 44.9 Å². The van der Waals surface area contributed by atoms with Crippen LogP contribution in [0.3, 0.4) is 0 Å². The van der Waals surface area contributed by atoms with Gasteiger partial charge in [-0.3, -0.25) is 9.59 Å². The fraction of sp³-hybridized carbons (Fsp3) is 0.895. The van der Waals surface area contributed by atoms with Crippen molar-refractivity contribution in [2.24, 2.45) is 11.8 Å². The molecule has 23 heavy (non-hydrogen) atoms. The van der Waals surface area contributed by atoms with Gasteiger partial charge in [-0.2, -0.15) is 0 Å².